The van der Waals surface area contributed by atoms with Crippen molar-refractivity contribution in [1.29, 1.82) is 0 Å². The molecule has 1 fully saturated rings. The van der Waals surface area contributed by atoms with Crippen molar-refractivity contribution in [1.82, 2.24) is 4.90 Å². The fraction of sp³-hybridized carbons (Fsp3) is 1.00. The third-order valence-corrected chi connectivity index (χ3v) is 1.58. The Labute approximate surface area is 55.2 Å². The fourth-order valence-electron chi connectivity index (χ4n) is 0.987. The molecular weight excluding hydrogens is 118 g/mol. The number of hydrogen-bond acceptors (Lipinski definition) is 3. The lowest BCUT2D eigenvalue weighted by molar-refractivity contribution is -0.214. The van der Waals surface area contributed by atoms with E-state index >= 15 is 0 Å². The highest BCUT2D eigenvalue weighted by Crippen LogP contribution is 2.05. The SMILES string of the molecule is CCN1CCCOC1O. The van der Waals surface area contributed by atoms with Crippen LogP contribution in [-0.4, -0.2) is 36.1 Å². The molecule has 1 atom stereocenters. The summed E-state index contributed by atoms with van der Waals surface area (Å²) in [6, 6.07) is 0. The first-order chi connectivity index (χ1) is 4.34. The second-order valence-corrected chi connectivity index (χ2v) is 2.18. The van der Waals surface area contributed by atoms with E-state index in [2.05, 4.69) is 0 Å². The summed E-state index contributed by atoms with van der Waals surface area (Å²) in [6.07, 6.45) is 0.383. The Morgan fingerprint density at radius 1 is 1.78 bits per heavy atom. The van der Waals surface area contributed by atoms with Crippen molar-refractivity contribution in [3.05, 3.63) is 0 Å². The van der Waals surface area contributed by atoms with Gasteiger partial charge >= 0.3 is 0 Å². The molecule has 1 heterocycles. The minimum absolute atomic E-state index is 0.649. The highest BCUT2D eigenvalue weighted by molar-refractivity contribution is 4.57. The number of hydrogen-bond donors (Lipinski definition) is 1. The minimum atomic E-state index is -0.649. The van der Waals surface area contributed by atoms with Crippen LogP contribution in [0.5, 0.6) is 0 Å². The maximum absolute atomic E-state index is 9.07. The van der Waals surface area contributed by atoms with Gasteiger partial charge in [0, 0.05) is 6.54 Å². The Kier molecular flexibility index (Phi) is 2.45. The van der Waals surface area contributed by atoms with E-state index in [1.54, 1.807) is 0 Å². The van der Waals surface area contributed by atoms with Gasteiger partial charge in [-0.15, -0.1) is 0 Å². The molecule has 1 rings (SSSR count). The third-order valence-electron chi connectivity index (χ3n) is 1.58. The second kappa shape index (κ2) is 3.15. The van der Waals surface area contributed by atoms with Crippen molar-refractivity contribution >= 4 is 0 Å². The molecule has 0 spiro atoms. The number of rotatable bonds is 1. The molecule has 1 N–H and O–H groups in total. The van der Waals surface area contributed by atoms with E-state index in [1.807, 2.05) is 11.8 Å². The molecular formula is C6H13NO2. The maximum Gasteiger partial charge on any atom is 0.216 e. The van der Waals surface area contributed by atoms with Crippen LogP contribution >= 0.6 is 0 Å². The molecule has 0 bridgehead atoms. The molecule has 9 heavy (non-hydrogen) atoms. The summed E-state index contributed by atoms with van der Waals surface area (Å²) in [6.45, 7) is 4.52. The minimum Gasteiger partial charge on any atom is -0.356 e. The summed E-state index contributed by atoms with van der Waals surface area (Å²) in [5.41, 5.74) is 0. The lowest BCUT2D eigenvalue weighted by Crippen LogP contribution is -2.42. The first-order valence-corrected chi connectivity index (χ1v) is 3.38. The lowest BCUT2D eigenvalue weighted by atomic mass is 10.4. The maximum atomic E-state index is 9.07. The van der Waals surface area contributed by atoms with Gasteiger partial charge in [-0.2, -0.15) is 0 Å². The smallest absolute Gasteiger partial charge is 0.216 e. The molecule has 0 aromatic rings. The molecule has 1 aliphatic rings. The Balaban J connectivity index is 2.30. The van der Waals surface area contributed by atoms with Gasteiger partial charge < -0.3 is 9.84 Å². The van der Waals surface area contributed by atoms with Crippen LogP contribution in [0.15, 0.2) is 0 Å². The Hall–Kier alpha value is -0.120. The van der Waals surface area contributed by atoms with Crippen LogP contribution < -0.4 is 0 Å². The Bertz CT molecular complexity index is 87.1. The van der Waals surface area contributed by atoms with Crippen molar-refractivity contribution < 1.29 is 9.84 Å². The molecule has 54 valence electrons. The quantitative estimate of drug-likeness (QED) is 0.544. The molecule has 3 heteroatoms. The summed E-state index contributed by atoms with van der Waals surface area (Å²) in [7, 11) is 0. The number of aliphatic hydroxyl groups is 1. The van der Waals surface area contributed by atoms with Crippen molar-refractivity contribution in [2.24, 2.45) is 0 Å². The van der Waals surface area contributed by atoms with E-state index in [4.69, 9.17) is 9.84 Å². The average Bonchev–Trinajstić information content (AvgIpc) is 1.89. The first kappa shape index (κ1) is 6.99. The molecule has 3 nitrogen and oxygen atoms in total. The number of ether oxygens (including phenoxy) is 1. The van der Waals surface area contributed by atoms with Gasteiger partial charge in [-0.3, -0.25) is 4.90 Å². The molecule has 0 radical (unpaired) electrons. The van der Waals surface area contributed by atoms with Gasteiger partial charge in [0.2, 0.25) is 6.41 Å². The fourth-order valence-corrected chi connectivity index (χ4v) is 0.987. The van der Waals surface area contributed by atoms with Crippen LogP contribution in [0.2, 0.25) is 0 Å². The molecule has 1 saturated heterocycles. The van der Waals surface area contributed by atoms with Crippen molar-refractivity contribution in [2.45, 2.75) is 19.8 Å². The summed E-state index contributed by atoms with van der Waals surface area (Å²) in [5.74, 6) is 0. The van der Waals surface area contributed by atoms with Crippen LogP contribution in [0.4, 0.5) is 0 Å². The monoisotopic (exact) mass is 131 g/mol. The van der Waals surface area contributed by atoms with E-state index in [-0.39, 0.29) is 0 Å². The van der Waals surface area contributed by atoms with E-state index in [0.29, 0.717) is 6.61 Å². The zero-order valence-corrected chi connectivity index (χ0v) is 5.71. The number of aliphatic hydroxyl groups excluding tert-OH is 1. The van der Waals surface area contributed by atoms with Crippen LogP contribution in [0.3, 0.4) is 0 Å². The van der Waals surface area contributed by atoms with E-state index in [0.717, 1.165) is 19.5 Å². The van der Waals surface area contributed by atoms with Gasteiger partial charge in [-0.1, -0.05) is 6.92 Å². The molecule has 0 aliphatic carbocycles. The zero-order valence-electron chi connectivity index (χ0n) is 5.71. The zero-order chi connectivity index (χ0) is 6.69. The summed E-state index contributed by atoms with van der Waals surface area (Å²) in [4.78, 5) is 1.89. The highest BCUT2D eigenvalue weighted by Gasteiger charge is 2.17. The predicted molar refractivity (Wildman–Crippen MR) is 33.8 cm³/mol. The normalized spacial score (nSPS) is 30.7. The van der Waals surface area contributed by atoms with E-state index < -0.39 is 6.41 Å². The van der Waals surface area contributed by atoms with Gasteiger partial charge in [-0.25, -0.2) is 0 Å². The van der Waals surface area contributed by atoms with Crippen molar-refractivity contribution in [2.75, 3.05) is 19.7 Å². The van der Waals surface area contributed by atoms with Gasteiger partial charge in [0.15, 0.2) is 0 Å². The van der Waals surface area contributed by atoms with Crippen LogP contribution in [-0.2, 0) is 4.74 Å². The van der Waals surface area contributed by atoms with Crippen molar-refractivity contribution in [3.8, 4) is 0 Å². The molecule has 0 aromatic heterocycles. The molecule has 1 aliphatic heterocycles. The molecule has 0 aromatic carbocycles. The Morgan fingerprint density at radius 2 is 2.56 bits per heavy atom. The van der Waals surface area contributed by atoms with Crippen LogP contribution in [0, 0.1) is 0 Å². The predicted octanol–water partition coefficient (Wildman–Crippen LogP) is 0.00450. The van der Waals surface area contributed by atoms with Crippen LogP contribution in [0.1, 0.15) is 13.3 Å². The van der Waals surface area contributed by atoms with Gasteiger partial charge in [-0.05, 0) is 13.0 Å². The lowest BCUT2D eigenvalue weighted by Gasteiger charge is -2.30. The average molecular weight is 131 g/mol. The van der Waals surface area contributed by atoms with Gasteiger partial charge in [0.25, 0.3) is 0 Å². The van der Waals surface area contributed by atoms with Crippen molar-refractivity contribution in [3.63, 3.8) is 0 Å². The second-order valence-electron chi connectivity index (χ2n) is 2.18. The summed E-state index contributed by atoms with van der Waals surface area (Å²) >= 11 is 0. The standard InChI is InChI=1S/C6H13NO2/c1-2-7-4-3-5-9-6(7)8/h6,8H,2-5H2,1H3. The van der Waals surface area contributed by atoms with E-state index in [1.165, 1.54) is 0 Å². The largest absolute Gasteiger partial charge is 0.356 e. The van der Waals surface area contributed by atoms with E-state index in [9.17, 15) is 0 Å². The summed E-state index contributed by atoms with van der Waals surface area (Å²) in [5, 5.41) is 9.07. The molecule has 0 saturated carbocycles. The number of nitrogens with zero attached hydrogens (tertiary/aromatic N) is 1. The third kappa shape index (κ3) is 1.64. The van der Waals surface area contributed by atoms with Gasteiger partial charge in [0.05, 0.1) is 6.61 Å². The topological polar surface area (TPSA) is 32.7 Å². The first-order valence-electron chi connectivity index (χ1n) is 3.38. The Morgan fingerprint density at radius 3 is 3.00 bits per heavy atom. The van der Waals surface area contributed by atoms with Gasteiger partial charge in [0.1, 0.15) is 0 Å². The molecule has 0 amide bonds. The molecule has 1 unspecified atom stereocenters. The van der Waals surface area contributed by atoms with Crippen LogP contribution in [0.25, 0.3) is 0 Å². The summed E-state index contributed by atoms with van der Waals surface area (Å²) < 4.78 is 4.96. The highest BCUT2D eigenvalue weighted by atomic mass is 16.6.